The van der Waals surface area contributed by atoms with Crippen molar-refractivity contribution in [1.82, 2.24) is 0 Å². The minimum absolute atomic E-state index is 0.835. The topological polar surface area (TPSA) is 26.0 Å². The maximum Gasteiger partial charge on any atom is 0.0325 e. The Hall–Kier alpha value is 0.100. The Balaban J connectivity index is 3.07. The number of rotatable bonds is 1. The highest BCUT2D eigenvalue weighted by atomic mass is 127. The van der Waals surface area contributed by atoms with Gasteiger partial charge in [-0.25, -0.2) is 0 Å². The van der Waals surface area contributed by atoms with Gasteiger partial charge < -0.3 is 5.73 Å². The van der Waals surface area contributed by atoms with Crippen molar-refractivity contribution >= 4 is 40.0 Å². The van der Waals surface area contributed by atoms with Gasteiger partial charge in [0.2, 0.25) is 0 Å². The van der Waals surface area contributed by atoms with E-state index in [9.17, 15) is 0 Å². The van der Waals surface area contributed by atoms with Crippen LogP contribution in [0.15, 0.2) is 23.1 Å². The molecule has 0 saturated carbocycles. The number of benzene rings is 1. The lowest BCUT2D eigenvalue weighted by Crippen LogP contribution is -1.85. The normalized spacial score (nSPS) is 9.80. The average molecular weight is 265 g/mol. The van der Waals surface area contributed by atoms with Crippen molar-refractivity contribution < 1.29 is 0 Å². The zero-order chi connectivity index (χ0) is 7.56. The highest BCUT2D eigenvalue weighted by molar-refractivity contribution is 14.1. The highest BCUT2D eigenvalue weighted by Crippen LogP contribution is 2.23. The van der Waals surface area contributed by atoms with Gasteiger partial charge in [-0.15, -0.1) is 11.8 Å². The first-order chi connectivity index (χ1) is 4.74. The lowest BCUT2D eigenvalue weighted by molar-refractivity contribution is 1.41. The smallest absolute Gasteiger partial charge is 0.0325 e. The molecule has 0 saturated heterocycles. The molecule has 1 aromatic carbocycles. The molecule has 10 heavy (non-hydrogen) atoms. The quantitative estimate of drug-likeness (QED) is 0.480. The summed E-state index contributed by atoms with van der Waals surface area (Å²) < 4.78 is 1.23. The van der Waals surface area contributed by atoms with E-state index in [4.69, 9.17) is 5.73 Å². The number of hydrogen-bond donors (Lipinski definition) is 1. The Morgan fingerprint density at radius 3 is 2.70 bits per heavy atom. The number of thioether (sulfide) groups is 1. The predicted molar refractivity (Wildman–Crippen MR) is 55.4 cm³/mol. The molecule has 0 fully saturated rings. The zero-order valence-corrected chi connectivity index (χ0v) is 8.57. The van der Waals surface area contributed by atoms with Crippen molar-refractivity contribution in [1.29, 1.82) is 0 Å². The molecule has 3 heteroatoms. The average Bonchev–Trinajstić information content (AvgIpc) is 1.88. The van der Waals surface area contributed by atoms with Crippen molar-refractivity contribution in [2.45, 2.75) is 4.90 Å². The zero-order valence-electron chi connectivity index (χ0n) is 5.60. The van der Waals surface area contributed by atoms with Gasteiger partial charge in [0.1, 0.15) is 0 Å². The van der Waals surface area contributed by atoms with E-state index in [1.165, 1.54) is 8.47 Å². The van der Waals surface area contributed by atoms with Crippen LogP contribution < -0.4 is 5.73 Å². The molecule has 0 amide bonds. The summed E-state index contributed by atoms with van der Waals surface area (Å²) in [6.07, 6.45) is 2.06. The highest BCUT2D eigenvalue weighted by Gasteiger charge is 1.96. The molecule has 1 nitrogen and oxygen atoms in total. The summed E-state index contributed by atoms with van der Waals surface area (Å²) >= 11 is 4.03. The van der Waals surface area contributed by atoms with Gasteiger partial charge in [0.15, 0.2) is 0 Å². The molecule has 1 aromatic rings. The molecular formula is C7H8INS. The predicted octanol–water partition coefficient (Wildman–Crippen LogP) is 2.60. The fraction of sp³-hybridized carbons (Fsp3) is 0.143. The summed E-state index contributed by atoms with van der Waals surface area (Å²) in [7, 11) is 0. The van der Waals surface area contributed by atoms with E-state index < -0.39 is 0 Å². The van der Waals surface area contributed by atoms with E-state index in [1.54, 1.807) is 11.8 Å². The lowest BCUT2D eigenvalue weighted by atomic mass is 10.3. The second-order valence-electron chi connectivity index (χ2n) is 1.89. The van der Waals surface area contributed by atoms with Gasteiger partial charge in [-0.05, 0) is 47.0 Å². The summed E-state index contributed by atoms with van der Waals surface area (Å²) in [5.41, 5.74) is 6.40. The first-order valence-electron chi connectivity index (χ1n) is 2.83. The van der Waals surface area contributed by atoms with Gasteiger partial charge in [-0.3, -0.25) is 0 Å². The number of hydrogen-bond acceptors (Lipinski definition) is 2. The van der Waals surface area contributed by atoms with Crippen LogP contribution >= 0.6 is 34.4 Å². The molecule has 0 atom stereocenters. The lowest BCUT2D eigenvalue weighted by Gasteiger charge is -1.99. The van der Waals surface area contributed by atoms with Crippen LogP contribution in [-0.4, -0.2) is 6.26 Å². The van der Waals surface area contributed by atoms with E-state index in [0.717, 1.165) is 5.69 Å². The molecule has 0 aromatic heterocycles. The fourth-order valence-electron chi connectivity index (χ4n) is 0.683. The van der Waals surface area contributed by atoms with E-state index in [1.807, 2.05) is 18.2 Å². The Kier molecular flexibility index (Phi) is 2.85. The van der Waals surface area contributed by atoms with Crippen molar-refractivity contribution in [3.05, 3.63) is 21.8 Å². The van der Waals surface area contributed by atoms with Gasteiger partial charge in [0.05, 0.1) is 0 Å². The standard InChI is InChI=1S/C7H8INS/c1-10-7-3-2-5(9)4-6(7)8/h2-4H,9H2,1H3. The van der Waals surface area contributed by atoms with Crippen LogP contribution in [0.3, 0.4) is 0 Å². The summed E-state index contributed by atoms with van der Waals surface area (Å²) in [5.74, 6) is 0. The Labute approximate surface area is 78.5 Å². The molecule has 0 radical (unpaired) electrons. The maximum absolute atomic E-state index is 5.57. The SMILES string of the molecule is CSc1ccc(N)cc1I. The van der Waals surface area contributed by atoms with Gasteiger partial charge in [0, 0.05) is 14.2 Å². The summed E-state index contributed by atoms with van der Waals surface area (Å²) in [4.78, 5) is 1.29. The third-order valence-corrected chi connectivity index (χ3v) is 3.23. The molecule has 0 bridgehead atoms. The van der Waals surface area contributed by atoms with Crippen LogP contribution in [0.25, 0.3) is 0 Å². The molecule has 0 spiro atoms. The first-order valence-corrected chi connectivity index (χ1v) is 5.13. The van der Waals surface area contributed by atoms with Gasteiger partial charge in [-0.2, -0.15) is 0 Å². The molecule has 0 unspecified atom stereocenters. The monoisotopic (exact) mass is 265 g/mol. The minimum atomic E-state index is 0.835. The van der Waals surface area contributed by atoms with Crippen LogP contribution in [0, 0.1) is 3.57 Å². The second-order valence-corrected chi connectivity index (χ2v) is 3.90. The van der Waals surface area contributed by atoms with E-state index >= 15 is 0 Å². The molecule has 1 rings (SSSR count). The van der Waals surface area contributed by atoms with Crippen LogP contribution in [0.4, 0.5) is 5.69 Å². The van der Waals surface area contributed by atoms with Gasteiger partial charge in [-0.1, -0.05) is 0 Å². The fourth-order valence-corrected chi connectivity index (χ4v) is 2.34. The molecule has 0 aliphatic rings. The first kappa shape index (κ1) is 8.20. The largest absolute Gasteiger partial charge is 0.399 e. The molecule has 0 aliphatic carbocycles. The van der Waals surface area contributed by atoms with Crippen LogP contribution in [-0.2, 0) is 0 Å². The van der Waals surface area contributed by atoms with Crippen LogP contribution in [0.1, 0.15) is 0 Å². The maximum atomic E-state index is 5.57. The van der Waals surface area contributed by atoms with E-state index in [0.29, 0.717) is 0 Å². The number of halogens is 1. The molecule has 0 heterocycles. The Bertz CT molecular complexity index is 237. The summed E-state index contributed by atoms with van der Waals surface area (Å²) in [6, 6.07) is 5.95. The van der Waals surface area contributed by atoms with Crippen molar-refractivity contribution in [2.24, 2.45) is 0 Å². The van der Waals surface area contributed by atoms with Gasteiger partial charge in [0.25, 0.3) is 0 Å². The minimum Gasteiger partial charge on any atom is -0.399 e. The third kappa shape index (κ3) is 1.79. The van der Waals surface area contributed by atoms with Crippen LogP contribution in [0.5, 0.6) is 0 Å². The molecule has 0 aliphatic heterocycles. The Morgan fingerprint density at radius 1 is 1.50 bits per heavy atom. The molecule has 54 valence electrons. The van der Waals surface area contributed by atoms with Crippen molar-refractivity contribution in [3.8, 4) is 0 Å². The molecule has 2 N–H and O–H groups in total. The van der Waals surface area contributed by atoms with Crippen molar-refractivity contribution in [3.63, 3.8) is 0 Å². The van der Waals surface area contributed by atoms with E-state index in [2.05, 4.69) is 28.8 Å². The molecular weight excluding hydrogens is 257 g/mol. The van der Waals surface area contributed by atoms with Gasteiger partial charge >= 0.3 is 0 Å². The third-order valence-electron chi connectivity index (χ3n) is 1.18. The van der Waals surface area contributed by atoms with E-state index in [-0.39, 0.29) is 0 Å². The summed E-state index contributed by atoms with van der Waals surface area (Å²) in [6.45, 7) is 0. The van der Waals surface area contributed by atoms with Crippen LogP contribution in [0.2, 0.25) is 0 Å². The number of nitrogens with two attached hydrogens (primary N) is 1. The number of nitrogen functional groups attached to an aromatic ring is 1. The second kappa shape index (κ2) is 3.48. The summed E-state index contributed by atoms with van der Waals surface area (Å²) in [5, 5.41) is 0. The number of anilines is 1. The Morgan fingerprint density at radius 2 is 2.20 bits per heavy atom. The van der Waals surface area contributed by atoms with Crippen molar-refractivity contribution in [2.75, 3.05) is 12.0 Å².